The van der Waals surface area contributed by atoms with Gasteiger partial charge in [-0.3, -0.25) is 0 Å². The summed E-state index contributed by atoms with van der Waals surface area (Å²) in [7, 11) is 0. The number of rotatable bonds is 3. The molecule has 0 spiro atoms. The molecule has 1 saturated carbocycles. The topological polar surface area (TPSA) is 32.3 Å². The van der Waals surface area contributed by atoms with Gasteiger partial charge >= 0.3 is 0 Å². The standard InChI is InChI=1S/C13H18ClNO/c1-9(10-5-7-11(14)8-6-10)15-12-3-2-4-13(12)16/h5-9,12-13,15-16H,2-4H2,1H3/t9-,12-,13-/m0/s1. The van der Waals surface area contributed by atoms with Gasteiger partial charge in [0.05, 0.1) is 6.10 Å². The van der Waals surface area contributed by atoms with Gasteiger partial charge in [-0.05, 0) is 43.9 Å². The third-order valence-electron chi connectivity index (χ3n) is 3.31. The van der Waals surface area contributed by atoms with Crippen LogP contribution in [0.5, 0.6) is 0 Å². The van der Waals surface area contributed by atoms with E-state index in [9.17, 15) is 5.11 Å². The predicted molar refractivity (Wildman–Crippen MR) is 66.6 cm³/mol. The normalized spacial score (nSPS) is 26.9. The molecule has 2 rings (SSSR count). The first-order chi connectivity index (χ1) is 7.66. The van der Waals surface area contributed by atoms with Crippen LogP contribution in [0.2, 0.25) is 5.02 Å². The van der Waals surface area contributed by atoms with Crippen LogP contribution in [0.1, 0.15) is 37.8 Å². The zero-order chi connectivity index (χ0) is 11.5. The Kier molecular flexibility index (Phi) is 3.85. The predicted octanol–water partition coefficient (Wildman–Crippen LogP) is 2.90. The van der Waals surface area contributed by atoms with Crippen LogP contribution in [-0.2, 0) is 0 Å². The van der Waals surface area contributed by atoms with Crippen molar-refractivity contribution in [2.24, 2.45) is 0 Å². The summed E-state index contributed by atoms with van der Waals surface area (Å²) in [4.78, 5) is 0. The van der Waals surface area contributed by atoms with Gasteiger partial charge in [0.2, 0.25) is 0 Å². The maximum atomic E-state index is 9.75. The first kappa shape index (κ1) is 11.9. The molecule has 2 nitrogen and oxygen atoms in total. The van der Waals surface area contributed by atoms with Crippen molar-refractivity contribution in [1.82, 2.24) is 5.32 Å². The molecule has 0 saturated heterocycles. The zero-order valence-corrected chi connectivity index (χ0v) is 10.2. The van der Waals surface area contributed by atoms with Crippen molar-refractivity contribution in [1.29, 1.82) is 0 Å². The SMILES string of the molecule is C[C@H](N[C@H]1CCC[C@@H]1O)c1ccc(Cl)cc1. The molecule has 3 heteroatoms. The number of halogens is 1. The molecule has 1 aromatic rings. The Morgan fingerprint density at radius 1 is 1.31 bits per heavy atom. The van der Waals surface area contributed by atoms with Gasteiger partial charge in [-0.1, -0.05) is 23.7 Å². The maximum Gasteiger partial charge on any atom is 0.0693 e. The Hall–Kier alpha value is -0.570. The van der Waals surface area contributed by atoms with Crippen LogP contribution in [0, 0.1) is 0 Å². The highest BCUT2D eigenvalue weighted by molar-refractivity contribution is 6.30. The van der Waals surface area contributed by atoms with Gasteiger partial charge in [0.15, 0.2) is 0 Å². The van der Waals surface area contributed by atoms with Crippen molar-refractivity contribution in [3.05, 3.63) is 34.9 Å². The molecule has 1 aromatic carbocycles. The van der Waals surface area contributed by atoms with Gasteiger partial charge in [0.25, 0.3) is 0 Å². The van der Waals surface area contributed by atoms with Crippen LogP contribution in [0.15, 0.2) is 24.3 Å². The molecule has 0 amide bonds. The van der Waals surface area contributed by atoms with Gasteiger partial charge < -0.3 is 10.4 Å². The summed E-state index contributed by atoms with van der Waals surface area (Å²) < 4.78 is 0. The molecule has 3 atom stereocenters. The summed E-state index contributed by atoms with van der Waals surface area (Å²) >= 11 is 5.85. The van der Waals surface area contributed by atoms with E-state index in [0.717, 1.165) is 24.3 Å². The van der Waals surface area contributed by atoms with Crippen LogP contribution < -0.4 is 5.32 Å². The fraction of sp³-hybridized carbons (Fsp3) is 0.538. The molecular weight excluding hydrogens is 222 g/mol. The summed E-state index contributed by atoms with van der Waals surface area (Å²) in [6.45, 7) is 2.12. The van der Waals surface area contributed by atoms with Crippen LogP contribution in [0.3, 0.4) is 0 Å². The van der Waals surface area contributed by atoms with Crippen LogP contribution in [0.4, 0.5) is 0 Å². The van der Waals surface area contributed by atoms with E-state index >= 15 is 0 Å². The quantitative estimate of drug-likeness (QED) is 0.850. The summed E-state index contributed by atoms with van der Waals surface area (Å²) in [5.41, 5.74) is 1.21. The molecule has 2 N–H and O–H groups in total. The minimum Gasteiger partial charge on any atom is -0.392 e. The number of aliphatic hydroxyl groups is 1. The fourth-order valence-electron chi connectivity index (χ4n) is 2.30. The highest BCUT2D eigenvalue weighted by Gasteiger charge is 2.26. The van der Waals surface area contributed by atoms with Crippen LogP contribution in [-0.4, -0.2) is 17.3 Å². The largest absolute Gasteiger partial charge is 0.392 e. The average molecular weight is 240 g/mol. The molecule has 16 heavy (non-hydrogen) atoms. The molecule has 1 aliphatic carbocycles. The Morgan fingerprint density at radius 3 is 2.56 bits per heavy atom. The Balaban J connectivity index is 1.97. The van der Waals surface area contributed by atoms with Crippen molar-refractivity contribution in [3.63, 3.8) is 0 Å². The Labute approximate surface area is 102 Å². The van der Waals surface area contributed by atoms with E-state index < -0.39 is 0 Å². The van der Waals surface area contributed by atoms with E-state index in [0.29, 0.717) is 0 Å². The number of aliphatic hydroxyl groups excluding tert-OH is 1. The number of hydrogen-bond acceptors (Lipinski definition) is 2. The van der Waals surface area contributed by atoms with Crippen molar-refractivity contribution in [2.75, 3.05) is 0 Å². The monoisotopic (exact) mass is 239 g/mol. The second-order valence-corrected chi connectivity index (χ2v) is 4.98. The second kappa shape index (κ2) is 5.17. The lowest BCUT2D eigenvalue weighted by Gasteiger charge is -2.22. The van der Waals surface area contributed by atoms with E-state index in [1.54, 1.807) is 0 Å². The fourth-order valence-corrected chi connectivity index (χ4v) is 2.43. The van der Waals surface area contributed by atoms with E-state index in [2.05, 4.69) is 12.2 Å². The van der Waals surface area contributed by atoms with Crippen molar-refractivity contribution in [3.8, 4) is 0 Å². The molecule has 0 unspecified atom stereocenters. The van der Waals surface area contributed by atoms with Crippen molar-refractivity contribution < 1.29 is 5.11 Å². The molecule has 1 aliphatic rings. The van der Waals surface area contributed by atoms with E-state index in [4.69, 9.17) is 11.6 Å². The lowest BCUT2D eigenvalue weighted by molar-refractivity contribution is 0.144. The van der Waals surface area contributed by atoms with Crippen LogP contribution in [0.25, 0.3) is 0 Å². The van der Waals surface area contributed by atoms with Crippen molar-refractivity contribution >= 4 is 11.6 Å². The summed E-state index contributed by atoms with van der Waals surface area (Å²) in [6, 6.07) is 8.36. The number of benzene rings is 1. The smallest absolute Gasteiger partial charge is 0.0693 e. The summed E-state index contributed by atoms with van der Waals surface area (Å²) in [5.74, 6) is 0. The second-order valence-electron chi connectivity index (χ2n) is 4.54. The number of nitrogens with one attached hydrogen (secondary N) is 1. The minimum absolute atomic E-state index is 0.185. The first-order valence-corrected chi connectivity index (χ1v) is 6.24. The van der Waals surface area contributed by atoms with Gasteiger partial charge in [0.1, 0.15) is 0 Å². The van der Waals surface area contributed by atoms with E-state index in [-0.39, 0.29) is 18.2 Å². The molecule has 0 aliphatic heterocycles. The molecule has 1 fully saturated rings. The molecule has 0 bridgehead atoms. The Bertz CT molecular complexity index is 338. The molecular formula is C13H18ClNO. The summed E-state index contributed by atoms with van der Waals surface area (Å²) in [5, 5.41) is 14.0. The average Bonchev–Trinajstić information content (AvgIpc) is 2.65. The minimum atomic E-state index is -0.185. The van der Waals surface area contributed by atoms with Crippen LogP contribution >= 0.6 is 11.6 Å². The Morgan fingerprint density at radius 2 is 2.00 bits per heavy atom. The van der Waals surface area contributed by atoms with Gasteiger partial charge in [-0.15, -0.1) is 0 Å². The van der Waals surface area contributed by atoms with Gasteiger partial charge in [0, 0.05) is 17.1 Å². The number of hydrogen-bond donors (Lipinski definition) is 2. The summed E-state index contributed by atoms with van der Waals surface area (Å²) in [6.07, 6.45) is 2.92. The molecule has 0 heterocycles. The molecule has 0 radical (unpaired) electrons. The lowest BCUT2D eigenvalue weighted by Crippen LogP contribution is -2.37. The van der Waals surface area contributed by atoms with E-state index in [1.165, 1.54) is 5.56 Å². The van der Waals surface area contributed by atoms with Crippen molar-refractivity contribution in [2.45, 2.75) is 44.4 Å². The maximum absolute atomic E-state index is 9.75. The highest BCUT2D eigenvalue weighted by Crippen LogP contribution is 2.23. The third kappa shape index (κ3) is 2.76. The highest BCUT2D eigenvalue weighted by atomic mass is 35.5. The third-order valence-corrected chi connectivity index (χ3v) is 3.57. The van der Waals surface area contributed by atoms with Gasteiger partial charge in [-0.2, -0.15) is 0 Å². The first-order valence-electron chi connectivity index (χ1n) is 5.86. The van der Waals surface area contributed by atoms with Gasteiger partial charge in [-0.25, -0.2) is 0 Å². The molecule has 88 valence electrons. The lowest BCUT2D eigenvalue weighted by atomic mass is 10.1. The zero-order valence-electron chi connectivity index (χ0n) is 9.49. The van der Waals surface area contributed by atoms with E-state index in [1.807, 2.05) is 24.3 Å². The molecule has 0 aromatic heterocycles.